The fourth-order valence-corrected chi connectivity index (χ4v) is 4.48. The van der Waals surface area contributed by atoms with Gasteiger partial charge in [0.2, 0.25) is 14.1 Å². The van der Waals surface area contributed by atoms with Gasteiger partial charge in [0.15, 0.2) is 10.9 Å². The van der Waals surface area contributed by atoms with Crippen LogP contribution in [0.1, 0.15) is 19.4 Å². The number of hydrogen-bond acceptors (Lipinski definition) is 5. The highest BCUT2D eigenvalue weighted by atomic mass is 32.2. The van der Waals surface area contributed by atoms with Gasteiger partial charge in [-0.15, -0.1) is 0 Å². The molecule has 134 valence electrons. The van der Waals surface area contributed by atoms with Gasteiger partial charge in [-0.3, -0.25) is 0 Å². The van der Waals surface area contributed by atoms with Crippen LogP contribution >= 0.6 is 11.8 Å². The molecule has 0 amide bonds. The quantitative estimate of drug-likeness (QED) is 0.513. The van der Waals surface area contributed by atoms with E-state index in [4.69, 9.17) is 18.6 Å². The molecule has 1 fully saturated rings. The third-order valence-corrected chi connectivity index (χ3v) is 4.86. The second-order valence-corrected chi connectivity index (χ2v) is 12.4. The van der Waals surface area contributed by atoms with Crippen molar-refractivity contribution in [3.8, 4) is 0 Å². The van der Waals surface area contributed by atoms with Crippen molar-refractivity contribution in [1.82, 2.24) is 0 Å². The fourth-order valence-electron chi connectivity index (χ4n) is 2.36. The van der Waals surface area contributed by atoms with Crippen molar-refractivity contribution in [2.24, 2.45) is 0 Å². The van der Waals surface area contributed by atoms with E-state index < -0.39 is 14.1 Å². The zero-order valence-corrected chi connectivity index (χ0v) is 17.2. The predicted molar refractivity (Wildman–Crippen MR) is 101 cm³/mol. The molecule has 0 unspecified atom stereocenters. The summed E-state index contributed by atoms with van der Waals surface area (Å²) in [6.45, 7) is 11.3. The Labute approximate surface area is 150 Å². The van der Waals surface area contributed by atoms with Crippen molar-refractivity contribution in [3.05, 3.63) is 46.7 Å². The van der Waals surface area contributed by atoms with E-state index in [-0.39, 0.29) is 6.10 Å². The lowest BCUT2D eigenvalue weighted by Crippen LogP contribution is -2.26. The first kappa shape index (κ1) is 19.4. The molecule has 0 aliphatic carbocycles. The Morgan fingerprint density at radius 2 is 1.88 bits per heavy atom. The van der Waals surface area contributed by atoms with E-state index in [0.29, 0.717) is 13.2 Å². The lowest BCUT2D eigenvalue weighted by Gasteiger charge is -2.23. The standard InChI is InChI=1S/C18H28O4SSi/c1-18(2)20-15(13-19-12-14-10-8-7-9-11-14)16(21-18)17(23-3)22-24(4,5)6/h7-11,15H,12-13H2,1-6H3/b17-16-/t15-/m1/s1. The highest BCUT2D eigenvalue weighted by molar-refractivity contribution is 8.02. The van der Waals surface area contributed by atoms with Crippen LogP contribution < -0.4 is 0 Å². The maximum absolute atomic E-state index is 6.18. The van der Waals surface area contributed by atoms with Gasteiger partial charge in [-0.25, -0.2) is 0 Å². The van der Waals surface area contributed by atoms with Crippen LogP contribution in [-0.4, -0.2) is 33.1 Å². The van der Waals surface area contributed by atoms with Gasteiger partial charge in [0.05, 0.1) is 13.2 Å². The summed E-state index contributed by atoms with van der Waals surface area (Å²) in [6.07, 6.45) is 1.75. The summed E-state index contributed by atoms with van der Waals surface area (Å²) >= 11 is 1.56. The molecule has 0 radical (unpaired) electrons. The maximum Gasteiger partial charge on any atom is 0.243 e. The Bertz CT molecular complexity index is 566. The highest BCUT2D eigenvalue weighted by Gasteiger charge is 2.41. The van der Waals surface area contributed by atoms with E-state index >= 15 is 0 Å². The molecule has 1 saturated heterocycles. The normalized spacial score (nSPS) is 22.2. The zero-order chi connectivity index (χ0) is 17.8. The van der Waals surface area contributed by atoms with Crippen LogP contribution in [0.2, 0.25) is 19.6 Å². The van der Waals surface area contributed by atoms with Gasteiger partial charge in [0.25, 0.3) is 0 Å². The molecular formula is C18H28O4SSi. The minimum absolute atomic E-state index is 0.248. The summed E-state index contributed by atoms with van der Waals surface area (Å²) in [7, 11) is -1.72. The minimum atomic E-state index is -1.72. The monoisotopic (exact) mass is 368 g/mol. The molecule has 0 N–H and O–H groups in total. The van der Waals surface area contributed by atoms with E-state index in [1.807, 2.05) is 50.4 Å². The predicted octanol–water partition coefficient (Wildman–Crippen LogP) is 4.74. The largest absolute Gasteiger partial charge is 0.538 e. The van der Waals surface area contributed by atoms with Gasteiger partial charge < -0.3 is 18.6 Å². The third-order valence-electron chi connectivity index (χ3n) is 3.24. The molecule has 0 spiro atoms. The molecule has 0 bridgehead atoms. The van der Waals surface area contributed by atoms with Crippen molar-refractivity contribution < 1.29 is 18.6 Å². The highest BCUT2D eigenvalue weighted by Crippen LogP contribution is 2.37. The Morgan fingerprint density at radius 3 is 2.46 bits per heavy atom. The zero-order valence-electron chi connectivity index (χ0n) is 15.4. The second-order valence-electron chi connectivity index (χ2n) is 7.18. The van der Waals surface area contributed by atoms with Gasteiger partial charge in [-0.1, -0.05) is 42.1 Å². The van der Waals surface area contributed by atoms with E-state index in [1.54, 1.807) is 11.8 Å². The van der Waals surface area contributed by atoms with Crippen molar-refractivity contribution in [1.29, 1.82) is 0 Å². The van der Waals surface area contributed by atoms with Crippen LogP contribution in [0, 0.1) is 0 Å². The maximum atomic E-state index is 6.18. The molecule has 1 aromatic carbocycles. The number of benzene rings is 1. The summed E-state index contributed by atoms with van der Waals surface area (Å²) in [5.74, 6) is 0.0860. The Balaban J connectivity index is 2.07. The molecule has 1 atom stereocenters. The number of rotatable bonds is 7. The molecule has 4 nitrogen and oxygen atoms in total. The van der Waals surface area contributed by atoms with Crippen LogP contribution in [0.15, 0.2) is 41.2 Å². The van der Waals surface area contributed by atoms with Crippen LogP contribution in [0.3, 0.4) is 0 Å². The van der Waals surface area contributed by atoms with Crippen molar-refractivity contribution in [2.45, 2.75) is 52.0 Å². The number of thioether (sulfide) groups is 1. The van der Waals surface area contributed by atoms with Crippen molar-refractivity contribution in [3.63, 3.8) is 0 Å². The van der Waals surface area contributed by atoms with E-state index in [1.165, 1.54) is 0 Å². The summed E-state index contributed by atoms with van der Waals surface area (Å²) in [4.78, 5) is 0. The Morgan fingerprint density at radius 1 is 1.21 bits per heavy atom. The van der Waals surface area contributed by atoms with Crippen molar-refractivity contribution >= 4 is 20.1 Å². The summed E-state index contributed by atoms with van der Waals surface area (Å²) in [5.41, 5.74) is 1.14. The van der Waals surface area contributed by atoms with Gasteiger partial charge in [0.1, 0.15) is 6.10 Å². The fraction of sp³-hybridized carbons (Fsp3) is 0.556. The lowest BCUT2D eigenvalue weighted by atomic mass is 10.2. The summed E-state index contributed by atoms with van der Waals surface area (Å²) in [5, 5.41) is 0.813. The molecule has 0 saturated carbocycles. The van der Waals surface area contributed by atoms with Gasteiger partial charge in [0, 0.05) is 13.8 Å². The van der Waals surface area contributed by atoms with Gasteiger partial charge >= 0.3 is 0 Å². The average Bonchev–Trinajstić information content (AvgIpc) is 2.80. The van der Waals surface area contributed by atoms with Crippen LogP contribution in [-0.2, 0) is 25.2 Å². The minimum Gasteiger partial charge on any atom is -0.538 e. The number of hydrogen-bond donors (Lipinski definition) is 0. The average molecular weight is 369 g/mol. The molecule has 2 rings (SSSR count). The molecular weight excluding hydrogens is 340 g/mol. The van der Waals surface area contributed by atoms with Gasteiger partial charge in [-0.2, -0.15) is 0 Å². The topological polar surface area (TPSA) is 36.9 Å². The second kappa shape index (κ2) is 7.95. The van der Waals surface area contributed by atoms with Crippen LogP contribution in [0.5, 0.6) is 0 Å². The first-order valence-corrected chi connectivity index (χ1v) is 12.8. The third kappa shape index (κ3) is 5.84. The first-order valence-electron chi connectivity index (χ1n) is 8.16. The van der Waals surface area contributed by atoms with E-state index in [0.717, 1.165) is 16.4 Å². The molecule has 0 aromatic heterocycles. The van der Waals surface area contributed by atoms with Crippen molar-refractivity contribution in [2.75, 3.05) is 12.9 Å². The van der Waals surface area contributed by atoms with Crippen LogP contribution in [0.4, 0.5) is 0 Å². The Hall–Kier alpha value is -0.953. The van der Waals surface area contributed by atoms with Gasteiger partial charge in [-0.05, 0) is 31.5 Å². The molecule has 1 heterocycles. The first-order chi connectivity index (χ1) is 11.2. The SMILES string of the molecule is CS/C(O[Si](C)(C)C)=C1\OC(C)(C)O[C@@H]1COCc1ccccc1. The molecule has 1 aliphatic heterocycles. The van der Waals surface area contributed by atoms with E-state index in [9.17, 15) is 0 Å². The summed E-state index contributed by atoms with van der Waals surface area (Å²) < 4.78 is 24.1. The number of ether oxygens (including phenoxy) is 3. The van der Waals surface area contributed by atoms with Crippen LogP contribution in [0.25, 0.3) is 0 Å². The van der Waals surface area contributed by atoms with E-state index in [2.05, 4.69) is 19.6 Å². The Kier molecular flexibility index (Phi) is 6.42. The molecule has 6 heteroatoms. The lowest BCUT2D eigenvalue weighted by molar-refractivity contribution is -0.142. The molecule has 1 aromatic rings. The smallest absolute Gasteiger partial charge is 0.243 e. The molecule has 24 heavy (non-hydrogen) atoms. The summed E-state index contributed by atoms with van der Waals surface area (Å²) in [6, 6.07) is 10.1. The molecule has 1 aliphatic rings.